The third-order valence-corrected chi connectivity index (χ3v) is 4.77. The Morgan fingerprint density at radius 2 is 1.96 bits per heavy atom. The number of benzene rings is 1. The molecule has 2 aliphatic heterocycles. The first-order valence-electron chi connectivity index (χ1n) is 8.49. The zero-order valence-corrected chi connectivity index (χ0v) is 14.4. The molecule has 0 saturated carbocycles. The lowest BCUT2D eigenvalue weighted by Gasteiger charge is -2.44. The van der Waals surface area contributed by atoms with Gasteiger partial charge in [-0.2, -0.15) is 0 Å². The fourth-order valence-electron chi connectivity index (χ4n) is 3.56. The maximum absolute atomic E-state index is 12.0. The number of ether oxygens (including phenoxy) is 1. The number of amides is 2. The average Bonchev–Trinajstić information content (AvgIpc) is 2.87. The summed E-state index contributed by atoms with van der Waals surface area (Å²) in [5.74, 6) is -0.745. The molecular formula is C18H22N2O5. The summed E-state index contributed by atoms with van der Waals surface area (Å²) in [7, 11) is 0. The summed E-state index contributed by atoms with van der Waals surface area (Å²) in [6, 6.07) is 5.35. The van der Waals surface area contributed by atoms with Crippen LogP contribution in [0, 0.1) is 6.92 Å². The molecule has 2 heterocycles. The Labute approximate surface area is 146 Å². The molecule has 134 valence electrons. The molecule has 1 fully saturated rings. The first kappa shape index (κ1) is 17.3. The maximum Gasteiger partial charge on any atom is 0.307 e. The zero-order chi connectivity index (χ0) is 18.1. The van der Waals surface area contributed by atoms with Crippen LogP contribution in [0.25, 0.3) is 0 Å². The van der Waals surface area contributed by atoms with E-state index in [-0.39, 0.29) is 43.7 Å². The second-order valence-corrected chi connectivity index (χ2v) is 6.48. The fourth-order valence-corrected chi connectivity index (χ4v) is 3.56. The number of carbonyl (C=O) groups is 3. The van der Waals surface area contributed by atoms with Crippen molar-refractivity contribution in [3.63, 3.8) is 0 Å². The summed E-state index contributed by atoms with van der Waals surface area (Å²) in [5, 5.41) is 9.25. The van der Waals surface area contributed by atoms with Crippen LogP contribution in [-0.4, -0.2) is 53.0 Å². The molecule has 2 aliphatic rings. The van der Waals surface area contributed by atoms with Crippen molar-refractivity contribution in [1.29, 1.82) is 0 Å². The highest BCUT2D eigenvalue weighted by Crippen LogP contribution is 2.38. The van der Waals surface area contributed by atoms with Crippen LogP contribution in [0.4, 0.5) is 5.69 Å². The highest BCUT2D eigenvalue weighted by Gasteiger charge is 2.41. The predicted molar refractivity (Wildman–Crippen MR) is 90.6 cm³/mol. The first-order chi connectivity index (χ1) is 11.9. The van der Waals surface area contributed by atoms with Crippen LogP contribution in [0.15, 0.2) is 18.2 Å². The smallest absolute Gasteiger partial charge is 0.307 e. The molecule has 0 radical (unpaired) electrons. The molecule has 1 saturated heterocycles. The molecule has 25 heavy (non-hydrogen) atoms. The van der Waals surface area contributed by atoms with Crippen molar-refractivity contribution < 1.29 is 24.2 Å². The van der Waals surface area contributed by atoms with Crippen molar-refractivity contribution in [1.82, 2.24) is 4.90 Å². The highest BCUT2D eigenvalue weighted by molar-refractivity contribution is 6.02. The van der Waals surface area contributed by atoms with E-state index in [4.69, 9.17) is 4.74 Å². The van der Waals surface area contributed by atoms with Crippen LogP contribution < -0.4 is 9.64 Å². The average molecular weight is 346 g/mol. The molecule has 2 unspecified atom stereocenters. The Balaban J connectivity index is 1.96. The van der Waals surface area contributed by atoms with E-state index in [0.29, 0.717) is 12.3 Å². The highest BCUT2D eigenvalue weighted by atomic mass is 16.5. The van der Waals surface area contributed by atoms with Gasteiger partial charge in [-0.3, -0.25) is 19.3 Å². The molecule has 1 N–H and O–H groups in total. The minimum Gasteiger partial charge on any atom is -0.485 e. The van der Waals surface area contributed by atoms with E-state index >= 15 is 0 Å². The summed E-state index contributed by atoms with van der Waals surface area (Å²) in [4.78, 5) is 38.6. The molecular weight excluding hydrogens is 324 g/mol. The number of anilines is 1. The lowest BCUT2D eigenvalue weighted by Crippen LogP contribution is -2.56. The Morgan fingerprint density at radius 3 is 2.56 bits per heavy atom. The largest absolute Gasteiger partial charge is 0.485 e. The van der Waals surface area contributed by atoms with Crippen LogP contribution in [0.3, 0.4) is 0 Å². The topological polar surface area (TPSA) is 87.2 Å². The number of hydrogen-bond acceptors (Lipinski definition) is 5. The molecule has 1 aromatic rings. The monoisotopic (exact) mass is 346 g/mol. The summed E-state index contributed by atoms with van der Waals surface area (Å²) in [6.45, 7) is 4.71. The molecule has 0 bridgehead atoms. The number of carbonyl (C=O) groups excluding carboxylic acids is 2. The van der Waals surface area contributed by atoms with Crippen molar-refractivity contribution in [2.24, 2.45) is 0 Å². The van der Waals surface area contributed by atoms with Crippen molar-refractivity contribution in [3.05, 3.63) is 23.8 Å². The number of carboxylic acids is 1. The number of hydrogen-bond donors (Lipinski definition) is 1. The van der Waals surface area contributed by atoms with Gasteiger partial charge in [-0.05, 0) is 31.5 Å². The van der Waals surface area contributed by atoms with Gasteiger partial charge in [0.1, 0.15) is 11.9 Å². The van der Waals surface area contributed by atoms with Crippen molar-refractivity contribution in [2.45, 2.75) is 45.3 Å². The van der Waals surface area contributed by atoms with Crippen LogP contribution in [0.1, 0.15) is 31.7 Å². The molecule has 0 aliphatic carbocycles. The second-order valence-electron chi connectivity index (χ2n) is 6.48. The number of imide groups is 1. The van der Waals surface area contributed by atoms with E-state index in [2.05, 4.69) is 0 Å². The lowest BCUT2D eigenvalue weighted by atomic mass is 10.0. The van der Waals surface area contributed by atoms with Gasteiger partial charge in [0.05, 0.1) is 24.7 Å². The number of aliphatic carboxylic acids is 1. The molecule has 7 heteroatoms. The number of aryl methyl sites for hydroxylation is 1. The number of fused-ring (bicyclic) bond motifs is 1. The van der Waals surface area contributed by atoms with E-state index in [1.807, 2.05) is 36.9 Å². The summed E-state index contributed by atoms with van der Waals surface area (Å²) in [5.41, 5.74) is 1.93. The number of carboxylic acid groups (broad SMARTS) is 1. The van der Waals surface area contributed by atoms with Gasteiger partial charge in [-0.15, -0.1) is 0 Å². The number of rotatable bonds is 5. The SMILES string of the molecule is CCN1c2cc(C)ccc2OC(CC(=O)O)C1CN1C(=O)CCC1=O. The minimum absolute atomic E-state index is 0.150. The standard InChI is InChI=1S/C18H22N2O5/c1-3-19-12-8-11(2)4-5-14(12)25-15(9-18(23)24)13(19)10-20-16(21)6-7-17(20)22/h4-5,8,13,15H,3,6-7,9-10H2,1-2H3,(H,23,24). The van der Waals surface area contributed by atoms with Gasteiger partial charge in [-0.25, -0.2) is 0 Å². The maximum atomic E-state index is 12.0. The van der Waals surface area contributed by atoms with Crippen LogP contribution in [0.2, 0.25) is 0 Å². The Bertz CT molecular complexity index is 701. The van der Waals surface area contributed by atoms with Crippen molar-refractivity contribution in [3.8, 4) is 5.75 Å². The van der Waals surface area contributed by atoms with Gasteiger partial charge in [0.2, 0.25) is 11.8 Å². The van der Waals surface area contributed by atoms with Crippen molar-refractivity contribution in [2.75, 3.05) is 18.0 Å². The van der Waals surface area contributed by atoms with Gasteiger partial charge in [0.25, 0.3) is 0 Å². The van der Waals surface area contributed by atoms with Crippen LogP contribution in [0.5, 0.6) is 5.75 Å². The molecule has 2 amide bonds. The summed E-state index contributed by atoms with van der Waals surface area (Å²) < 4.78 is 5.95. The lowest BCUT2D eigenvalue weighted by molar-refractivity contribution is -0.139. The molecule has 3 rings (SSSR count). The van der Waals surface area contributed by atoms with E-state index in [1.165, 1.54) is 4.90 Å². The van der Waals surface area contributed by atoms with Gasteiger partial charge in [0.15, 0.2) is 0 Å². The molecule has 7 nitrogen and oxygen atoms in total. The Kier molecular flexibility index (Phi) is 4.65. The van der Waals surface area contributed by atoms with Gasteiger partial charge in [-0.1, -0.05) is 6.07 Å². The summed E-state index contributed by atoms with van der Waals surface area (Å²) >= 11 is 0. The van der Waals surface area contributed by atoms with Crippen LogP contribution >= 0.6 is 0 Å². The minimum atomic E-state index is -0.972. The third-order valence-electron chi connectivity index (χ3n) is 4.77. The normalized spacial score (nSPS) is 22.8. The van der Waals surface area contributed by atoms with E-state index in [0.717, 1.165) is 11.3 Å². The zero-order valence-electron chi connectivity index (χ0n) is 14.4. The summed E-state index contributed by atoms with van der Waals surface area (Å²) in [6.07, 6.45) is -0.380. The van der Waals surface area contributed by atoms with Crippen molar-refractivity contribution >= 4 is 23.5 Å². The predicted octanol–water partition coefficient (Wildman–Crippen LogP) is 1.57. The quantitative estimate of drug-likeness (QED) is 0.815. The van der Waals surface area contributed by atoms with Gasteiger partial charge < -0.3 is 14.7 Å². The number of likely N-dealkylation sites (N-methyl/N-ethyl adjacent to an activating group) is 1. The third kappa shape index (κ3) is 3.31. The second kappa shape index (κ2) is 6.74. The number of likely N-dealkylation sites (tertiary alicyclic amines) is 1. The van der Waals surface area contributed by atoms with E-state index < -0.39 is 12.1 Å². The van der Waals surface area contributed by atoms with E-state index in [1.54, 1.807) is 0 Å². The van der Waals surface area contributed by atoms with Gasteiger partial charge >= 0.3 is 5.97 Å². The number of nitrogens with zero attached hydrogens (tertiary/aromatic N) is 2. The fraction of sp³-hybridized carbons (Fsp3) is 0.500. The molecule has 0 aromatic heterocycles. The molecule has 0 spiro atoms. The molecule has 1 aromatic carbocycles. The first-order valence-corrected chi connectivity index (χ1v) is 8.49. The Hall–Kier alpha value is -2.57. The van der Waals surface area contributed by atoms with Gasteiger partial charge in [0, 0.05) is 19.4 Å². The molecule has 2 atom stereocenters. The van der Waals surface area contributed by atoms with E-state index in [9.17, 15) is 19.5 Å². The Morgan fingerprint density at radius 1 is 1.28 bits per heavy atom. The van der Waals surface area contributed by atoms with Crippen LogP contribution in [-0.2, 0) is 14.4 Å².